The van der Waals surface area contributed by atoms with Crippen molar-refractivity contribution in [2.75, 3.05) is 17.3 Å². The van der Waals surface area contributed by atoms with Gasteiger partial charge in [-0.1, -0.05) is 26.2 Å². The first-order chi connectivity index (χ1) is 8.81. The zero-order valence-electron chi connectivity index (χ0n) is 11.2. The molecule has 4 nitrogen and oxygen atoms in total. The van der Waals surface area contributed by atoms with Crippen LogP contribution in [-0.4, -0.2) is 11.5 Å². The number of hydrogen-bond donors (Lipinski definition) is 3. The van der Waals surface area contributed by atoms with E-state index < -0.39 is 0 Å². The second kappa shape index (κ2) is 6.59. The number of rotatable bonds is 5. The zero-order chi connectivity index (χ0) is 12.8. The first kappa shape index (κ1) is 13.1. The number of nitrogens with zero attached hydrogens (tertiary/aromatic N) is 1. The summed E-state index contributed by atoms with van der Waals surface area (Å²) in [5.41, 5.74) is 3.66. The summed E-state index contributed by atoms with van der Waals surface area (Å²) in [5, 5.41) is 3.49. The van der Waals surface area contributed by atoms with Gasteiger partial charge in [-0.25, -0.2) is 10.8 Å². The summed E-state index contributed by atoms with van der Waals surface area (Å²) in [7, 11) is 0. The average molecular weight is 248 g/mol. The number of aromatic nitrogens is 1. The smallest absolute Gasteiger partial charge is 0.141 e. The van der Waals surface area contributed by atoms with E-state index >= 15 is 0 Å². The molecule has 1 aromatic rings. The van der Waals surface area contributed by atoms with E-state index in [1.54, 1.807) is 6.20 Å². The topological polar surface area (TPSA) is 63.0 Å². The van der Waals surface area contributed by atoms with Gasteiger partial charge in [0.05, 0.1) is 0 Å². The van der Waals surface area contributed by atoms with Crippen LogP contribution in [0.2, 0.25) is 0 Å². The molecule has 0 atom stereocenters. The Morgan fingerprint density at radius 2 is 2.00 bits per heavy atom. The summed E-state index contributed by atoms with van der Waals surface area (Å²) in [5.74, 6) is 7.83. The van der Waals surface area contributed by atoms with E-state index in [9.17, 15) is 0 Å². The van der Waals surface area contributed by atoms with Gasteiger partial charge in [0.2, 0.25) is 0 Å². The van der Waals surface area contributed by atoms with Gasteiger partial charge >= 0.3 is 0 Å². The summed E-state index contributed by atoms with van der Waals surface area (Å²) in [6, 6.07) is 3.93. The minimum Gasteiger partial charge on any atom is -0.385 e. The quantitative estimate of drug-likeness (QED) is 0.553. The van der Waals surface area contributed by atoms with Crippen molar-refractivity contribution in [2.45, 2.75) is 39.0 Å². The lowest BCUT2D eigenvalue weighted by Crippen LogP contribution is -2.21. The minimum absolute atomic E-state index is 0.703. The lowest BCUT2D eigenvalue weighted by atomic mass is 9.81. The van der Waals surface area contributed by atoms with Crippen LogP contribution in [0.15, 0.2) is 18.3 Å². The van der Waals surface area contributed by atoms with Gasteiger partial charge in [0, 0.05) is 24.5 Å². The van der Waals surface area contributed by atoms with Crippen LogP contribution in [0.25, 0.3) is 0 Å². The maximum Gasteiger partial charge on any atom is 0.141 e. The standard InChI is InChI=1S/C14H24N4/c1-2-11-3-5-12(6-4-11)10-17-13-7-8-16-14(9-13)18-15/h7-9,11-12H,2-6,10,15H2,1H3,(H2,16,17,18). The number of pyridine rings is 1. The molecule has 0 saturated heterocycles. The van der Waals surface area contributed by atoms with Crippen LogP contribution in [0.5, 0.6) is 0 Å². The molecule has 100 valence electrons. The van der Waals surface area contributed by atoms with Crippen molar-refractivity contribution in [3.63, 3.8) is 0 Å². The van der Waals surface area contributed by atoms with Crippen molar-refractivity contribution in [3.05, 3.63) is 18.3 Å². The highest BCUT2D eigenvalue weighted by Gasteiger charge is 2.19. The third kappa shape index (κ3) is 3.60. The van der Waals surface area contributed by atoms with Crippen molar-refractivity contribution >= 4 is 11.5 Å². The third-order valence-electron chi connectivity index (χ3n) is 4.05. The molecule has 0 bridgehead atoms. The molecule has 1 aliphatic rings. The molecule has 1 heterocycles. The highest BCUT2D eigenvalue weighted by Crippen LogP contribution is 2.30. The molecule has 0 spiro atoms. The monoisotopic (exact) mass is 248 g/mol. The highest BCUT2D eigenvalue weighted by atomic mass is 15.2. The number of nitrogens with two attached hydrogens (primary N) is 1. The van der Waals surface area contributed by atoms with Gasteiger partial charge in [0.25, 0.3) is 0 Å². The molecule has 4 N–H and O–H groups in total. The molecule has 18 heavy (non-hydrogen) atoms. The Morgan fingerprint density at radius 1 is 1.28 bits per heavy atom. The van der Waals surface area contributed by atoms with Crippen LogP contribution in [0.1, 0.15) is 39.0 Å². The summed E-state index contributed by atoms with van der Waals surface area (Å²) >= 11 is 0. The van der Waals surface area contributed by atoms with E-state index in [4.69, 9.17) is 5.84 Å². The van der Waals surface area contributed by atoms with Crippen LogP contribution in [0.3, 0.4) is 0 Å². The number of hydrogen-bond acceptors (Lipinski definition) is 4. The first-order valence-corrected chi connectivity index (χ1v) is 6.98. The Labute approximate surface area is 109 Å². The second-order valence-electron chi connectivity index (χ2n) is 5.25. The third-order valence-corrected chi connectivity index (χ3v) is 4.05. The van der Waals surface area contributed by atoms with Gasteiger partial charge in [-0.15, -0.1) is 0 Å². The Kier molecular flexibility index (Phi) is 4.81. The fraction of sp³-hybridized carbons (Fsp3) is 0.643. The SMILES string of the molecule is CCC1CCC(CNc2ccnc(NN)c2)CC1. The molecule has 0 aromatic carbocycles. The Bertz CT molecular complexity index is 359. The molecule has 0 unspecified atom stereocenters. The predicted octanol–water partition coefficient (Wildman–Crippen LogP) is 3.00. The minimum atomic E-state index is 0.703. The number of nitrogens with one attached hydrogen (secondary N) is 2. The summed E-state index contributed by atoms with van der Waals surface area (Å²) in [6.07, 6.45) is 8.63. The molecule has 0 aliphatic heterocycles. The lowest BCUT2D eigenvalue weighted by Gasteiger charge is -2.28. The van der Waals surface area contributed by atoms with Gasteiger partial charge in [0.15, 0.2) is 0 Å². The Hall–Kier alpha value is -1.29. The zero-order valence-corrected chi connectivity index (χ0v) is 11.2. The summed E-state index contributed by atoms with van der Waals surface area (Å²) in [4.78, 5) is 4.10. The molecule has 0 radical (unpaired) electrons. The Balaban J connectivity index is 1.77. The molecule has 1 aromatic heterocycles. The average Bonchev–Trinajstić information content (AvgIpc) is 2.46. The number of anilines is 2. The largest absolute Gasteiger partial charge is 0.385 e. The number of nitrogen functional groups attached to an aromatic ring is 1. The van der Waals surface area contributed by atoms with Gasteiger partial charge in [-0.2, -0.15) is 0 Å². The fourth-order valence-corrected chi connectivity index (χ4v) is 2.73. The predicted molar refractivity (Wildman–Crippen MR) is 76.3 cm³/mol. The van der Waals surface area contributed by atoms with Crippen molar-refractivity contribution in [1.29, 1.82) is 0 Å². The van der Waals surface area contributed by atoms with Crippen LogP contribution in [0, 0.1) is 11.8 Å². The molecule has 2 rings (SSSR count). The Morgan fingerprint density at radius 3 is 2.67 bits per heavy atom. The maximum atomic E-state index is 5.35. The first-order valence-electron chi connectivity index (χ1n) is 6.98. The van der Waals surface area contributed by atoms with E-state index in [2.05, 4.69) is 22.7 Å². The molecule has 1 aliphatic carbocycles. The molecule has 0 amide bonds. The lowest BCUT2D eigenvalue weighted by molar-refractivity contribution is 0.278. The van der Waals surface area contributed by atoms with Crippen LogP contribution < -0.4 is 16.6 Å². The van der Waals surface area contributed by atoms with E-state index in [0.29, 0.717) is 5.82 Å². The molecule has 1 fully saturated rings. The molecule has 1 saturated carbocycles. The van der Waals surface area contributed by atoms with Crippen LogP contribution >= 0.6 is 0 Å². The molecular formula is C14H24N4. The van der Waals surface area contributed by atoms with E-state index in [1.165, 1.54) is 32.1 Å². The van der Waals surface area contributed by atoms with E-state index in [0.717, 1.165) is 24.1 Å². The van der Waals surface area contributed by atoms with Crippen LogP contribution in [-0.2, 0) is 0 Å². The van der Waals surface area contributed by atoms with Crippen LogP contribution in [0.4, 0.5) is 11.5 Å². The van der Waals surface area contributed by atoms with Gasteiger partial charge in [0.1, 0.15) is 5.82 Å². The second-order valence-corrected chi connectivity index (χ2v) is 5.25. The highest BCUT2D eigenvalue weighted by molar-refractivity contribution is 5.51. The maximum absolute atomic E-state index is 5.35. The molecule has 4 heteroatoms. The summed E-state index contributed by atoms with van der Waals surface area (Å²) < 4.78 is 0. The van der Waals surface area contributed by atoms with Gasteiger partial charge in [-0.05, 0) is 30.7 Å². The number of hydrazine groups is 1. The van der Waals surface area contributed by atoms with Gasteiger partial charge in [-0.3, -0.25) is 0 Å². The van der Waals surface area contributed by atoms with E-state index in [1.807, 2.05) is 12.1 Å². The van der Waals surface area contributed by atoms with Crippen molar-refractivity contribution < 1.29 is 0 Å². The van der Waals surface area contributed by atoms with Crippen molar-refractivity contribution in [3.8, 4) is 0 Å². The summed E-state index contributed by atoms with van der Waals surface area (Å²) in [6.45, 7) is 3.37. The van der Waals surface area contributed by atoms with Crippen molar-refractivity contribution in [1.82, 2.24) is 4.98 Å². The van der Waals surface area contributed by atoms with Crippen molar-refractivity contribution in [2.24, 2.45) is 17.7 Å². The molecular weight excluding hydrogens is 224 g/mol. The van der Waals surface area contributed by atoms with Gasteiger partial charge < -0.3 is 10.7 Å². The normalized spacial score (nSPS) is 23.7. The van der Waals surface area contributed by atoms with E-state index in [-0.39, 0.29) is 0 Å². The fourth-order valence-electron chi connectivity index (χ4n) is 2.73.